The number of aromatic nitrogens is 2. The molecule has 1 heterocycles. The quantitative estimate of drug-likeness (QED) is 0.918. The second-order valence-electron chi connectivity index (χ2n) is 3.96. The summed E-state index contributed by atoms with van der Waals surface area (Å²) < 4.78 is 32.1. The second-order valence-corrected chi connectivity index (χ2v) is 3.96. The highest BCUT2D eigenvalue weighted by molar-refractivity contribution is 5.26. The van der Waals surface area contributed by atoms with Crippen LogP contribution in [0.3, 0.4) is 0 Å². The topological polar surface area (TPSA) is 61.0 Å². The highest BCUT2D eigenvalue weighted by Gasteiger charge is 2.18. The fourth-order valence-corrected chi connectivity index (χ4v) is 1.79. The molecule has 0 saturated heterocycles. The lowest BCUT2D eigenvalue weighted by Gasteiger charge is -2.14. The molecule has 1 atom stereocenters. The number of rotatable bonds is 4. The summed E-state index contributed by atoms with van der Waals surface area (Å²) in [5.74, 6) is -0.997. The first-order valence-corrected chi connectivity index (χ1v) is 5.67. The third kappa shape index (κ3) is 2.85. The number of nitrogens with two attached hydrogens (primary N) is 1. The van der Waals surface area contributed by atoms with Crippen LogP contribution in [0.4, 0.5) is 8.78 Å². The molecule has 0 aliphatic rings. The molecule has 4 nitrogen and oxygen atoms in total. The second kappa shape index (κ2) is 5.71. The van der Waals surface area contributed by atoms with Crippen molar-refractivity contribution in [2.24, 2.45) is 5.73 Å². The SMILES string of the molecule is COc1nccnc1C(N)Cc1c(F)cccc1F. The van der Waals surface area contributed by atoms with E-state index in [0.717, 1.165) is 0 Å². The van der Waals surface area contributed by atoms with Gasteiger partial charge in [0, 0.05) is 18.0 Å². The zero-order valence-corrected chi connectivity index (χ0v) is 10.3. The Labute approximate surface area is 109 Å². The minimum Gasteiger partial charge on any atom is -0.480 e. The third-order valence-electron chi connectivity index (χ3n) is 2.72. The molecule has 0 amide bonds. The van der Waals surface area contributed by atoms with Gasteiger partial charge in [-0.1, -0.05) is 6.07 Å². The Hall–Kier alpha value is -2.08. The normalized spacial score (nSPS) is 12.2. The molecule has 0 bridgehead atoms. The van der Waals surface area contributed by atoms with Gasteiger partial charge in [0.1, 0.15) is 17.3 Å². The number of benzene rings is 1. The van der Waals surface area contributed by atoms with Crippen LogP contribution in [-0.4, -0.2) is 17.1 Å². The van der Waals surface area contributed by atoms with Crippen molar-refractivity contribution in [3.05, 3.63) is 53.5 Å². The summed E-state index contributed by atoms with van der Waals surface area (Å²) in [6.07, 6.45) is 2.89. The molecule has 0 saturated carbocycles. The molecule has 19 heavy (non-hydrogen) atoms. The molecule has 0 aliphatic carbocycles. The highest BCUT2D eigenvalue weighted by Crippen LogP contribution is 2.23. The van der Waals surface area contributed by atoms with Crippen molar-refractivity contribution >= 4 is 0 Å². The van der Waals surface area contributed by atoms with Gasteiger partial charge in [0.2, 0.25) is 5.88 Å². The van der Waals surface area contributed by atoms with Crippen LogP contribution in [0.5, 0.6) is 5.88 Å². The Morgan fingerprint density at radius 3 is 2.47 bits per heavy atom. The molecule has 2 aromatic rings. The lowest BCUT2D eigenvalue weighted by Crippen LogP contribution is -2.18. The molecule has 1 aromatic carbocycles. The average molecular weight is 265 g/mol. The van der Waals surface area contributed by atoms with E-state index in [0.29, 0.717) is 5.69 Å². The lowest BCUT2D eigenvalue weighted by molar-refractivity contribution is 0.383. The molecule has 2 rings (SSSR count). The molecule has 0 spiro atoms. The lowest BCUT2D eigenvalue weighted by atomic mass is 10.0. The smallest absolute Gasteiger partial charge is 0.236 e. The number of hydrogen-bond donors (Lipinski definition) is 1. The fraction of sp³-hybridized carbons (Fsp3) is 0.231. The van der Waals surface area contributed by atoms with Gasteiger partial charge in [-0.15, -0.1) is 0 Å². The van der Waals surface area contributed by atoms with E-state index in [-0.39, 0.29) is 17.9 Å². The Bertz CT molecular complexity index is 557. The molecule has 1 aromatic heterocycles. The van der Waals surface area contributed by atoms with Crippen LogP contribution in [-0.2, 0) is 6.42 Å². The van der Waals surface area contributed by atoms with Gasteiger partial charge >= 0.3 is 0 Å². The number of nitrogens with zero attached hydrogens (tertiary/aromatic N) is 2. The molecular formula is C13H13F2N3O. The third-order valence-corrected chi connectivity index (χ3v) is 2.72. The molecule has 0 radical (unpaired) electrons. The Kier molecular flexibility index (Phi) is 4.01. The molecule has 1 unspecified atom stereocenters. The van der Waals surface area contributed by atoms with Crippen molar-refractivity contribution in [1.29, 1.82) is 0 Å². The first-order valence-electron chi connectivity index (χ1n) is 5.67. The fourth-order valence-electron chi connectivity index (χ4n) is 1.79. The molecular weight excluding hydrogens is 252 g/mol. The zero-order valence-electron chi connectivity index (χ0n) is 10.3. The van der Waals surface area contributed by atoms with Gasteiger partial charge in [-0.2, -0.15) is 0 Å². The van der Waals surface area contributed by atoms with Crippen molar-refractivity contribution < 1.29 is 13.5 Å². The van der Waals surface area contributed by atoms with Crippen molar-refractivity contribution in [3.8, 4) is 5.88 Å². The summed E-state index contributed by atoms with van der Waals surface area (Å²) in [4.78, 5) is 8.00. The maximum absolute atomic E-state index is 13.5. The Balaban J connectivity index is 2.28. The summed E-state index contributed by atoms with van der Waals surface area (Å²) in [6, 6.07) is 3.00. The van der Waals surface area contributed by atoms with Crippen LogP contribution in [0, 0.1) is 11.6 Å². The van der Waals surface area contributed by atoms with Crippen molar-refractivity contribution in [2.45, 2.75) is 12.5 Å². The number of halogens is 2. The number of methoxy groups -OCH3 is 1. The van der Waals surface area contributed by atoms with Gasteiger partial charge in [-0.3, -0.25) is 4.98 Å². The Morgan fingerprint density at radius 2 is 1.84 bits per heavy atom. The number of hydrogen-bond acceptors (Lipinski definition) is 4. The first kappa shape index (κ1) is 13.4. The van der Waals surface area contributed by atoms with Gasteiger partial charge in [-0.05, 0) is 18.6 Å². The maximum atomic E-state index is 13.5. The van der Waals surface area contributed by atoms with Gasteiger partial charge in [0.25, 0.3) is 0 Å². The maximum Gasteiger partial charge on any atom is 0.236 e. The van der Waals surface area contributed by atoms with E-state index in [1.807, 2.05) is 0 Å². The minimum atomic E-state index is -0.699. The Morgan fingerprint density at radius 1 is 1.21 bits per heavy atom. The van der Waals surface area contributed by atoms with Crippen molar-refractivity contribution in [2.75, 3.05) is 7.11 Å². The summed E-state index contributed by atoms with van der Waals surface area (Å²) in [5.41, 5.74) is 6.23. The van der Waals surface area contributed by atoms with E-state index in [4.69, 9.17) is 10.5 Å². The van der Waals surface area contributed by atoms with Gasteiger partial charge in [0.05, 0.1) is 13.2 Å². The van der Waals surface area contributed by atoms with Crippen LogP contribution in [0.2, 0.25) is 0 Å². The van der Waals surface area contributed by atoms with Gasteiger partial charge in [-0.25, -0.2) is 13.8 Å². The predicted molar refractivity (Wildman–Crippen MR) is 65.6 cm³/mol. The van der Waals surface area contributed by atoms with Crippen LogP contribution < -0.4 is 10.5 Å². The van der Waals surface area contributed by atoms with Crippen LogP contribution in [0.1, 0.15) is 17.3 Å². The largest absolute Gasteiger partial charge is 0.480 e. The standard InChI is InChI=1S/C13H13F2N3O/c1-19-13-12(17-5-6-18-13)11(16)7-8-9(14)3-2-4-10(8)15/h2-6,11H,7,16H2,1H3. The van der Waals surface area contributed by atoms with Gasteiger partial charge < -0.3 is 10.5 Å². The van der Waals surface area contributed by atoms with Crippen LogP contribution >= 0.6 is 0 Å². The molecule has 100 valence electrons. The summed E-state index contributed by atoms with van der Waals surface area (Å²) in [5, 5.41) is 0. The minimum absolute atomic E-state index is 0.0203. The molecule has 6 heteroatoms. The first-order chi connectivity index (χ1) is 9.13. The van der Waals surface area contributed by atoms with E-state index in [1.165, 1.54) is 37.7 Å². The van der Waals surface area contributed by atoms with Gasteiger partial charge in [0.15, 0.2) is 0 Å². The predicted octanol–water partition coefficient (Wildman–Crippen LogP) is 2.01. The van der Waals surface area contributed by atoms with Crippen molar-refractivity contribution in [1.82, 2.24) is 9.97 Å². The average Bonchev–Trinajstić information content (AvgIpc) is 2.42. The summed E-state index contributed by atoms with van der Waals surface area (Å²) >= 11 is 0. The molecule has 0 aliphatic heterocycles. The van der Waals surface area contributed by atoms with Crippen LogP contribution in [0.15, 0.2) is 30.6 Å². The van der Waals surface area contributed by atoms with E-state index < -0.39 is 17.7 Å². The number of ether oxygens (including phenoxy) is 1. The zero-order chi connectivity index (χ0) is 13.8. The van der Waals surface area contributed by atoms with E-state index >= 15 is 0 Å². The summed E-state index contributed by atoms with van der Waals surface area (Å²) in [6.45, 7) is 0. The van der Waals surface area contributed by atoms with E-state index in [9.17, 15) is 8.78 Å². The van der Waals surface area contributed by atoms with Crippen LogP contribution in [0.25, 0.3) is 0 Å². The molecule has 2 N–H and O–H groups in total. The molecule has 0 fully saturated rings. The highest BCUT2D eigenvalue weighted by atomic mass is 19.1. The van der Waals surface area contributed by atoms with Crippen molar-refractivity contribution in [3.63, 3.8) is 0 Å². The summed E-state index contributed by atoms with van der Waals surface area (Å²) in [7, 11) is 1.43. The monoisotopic (exact) mass is 265 g/mol. The van der Waals surface area contributed by atoms with E-state index in [1.54, 1.807) is 0 Å². The van der Waals surface area contributed by atoms with E-state index in [2.05, 4.69) is 9.97 Å².